The summed E-state index contributed by atoms with van der Waals surface area (Å²) in [7, 11) is 4.15. The molecule has 0 radical (unpaired) electrons. The predicted molar refractivity (Wildman–Crippen MR) is 81.5 cm³/mol. The maximum Gasteiger partial charge on any atom is 0.0914 e. The van der Waals surface area contributed by atoms with E-state index in [2.05, 4.69) is 50.3 Å². The Balaban J connectivity index is 2.31. The predicted octanol–water partition coefficient (Wildman–Crippen LogP) is 2.38. The van der Waals surface area contributed by atoms with Crippen molar-refractivity contribution in [2.45, 2.75) is 32.3 Å². The van der Waals surface area contributed by atoms with E-state index in [9.17, 15) is 5.11 Å². The number of nitrogens with zero attached hydrogens (tertiary/aromatic N) is 1. The van der Waals surface area contributed by atoms with Gasteiger partial charge in [-0.15, -0.1) is 0 Å². The van der Waals surface area contributed by atoms with Gasteiger partial charge in [0.15, 0.2) is 0 Å². The van der Waals surface area contributed by atoms with Gasteiger partial charge in [0.2, 0.25) is 0 Å². The molecule has 0 aliphatic carbocycles. The molecule has 0 saturated heterocycles. The molecular weight excluding hydrogens is 236 g/mol. The number of hydrogen-bond acceptors (Lipinski definition) is 3. The average molecular weight is 264 g/mol. The summed E-state index contributed by atoms with van der Waals surface area (Å²) in [4.78, 5) is 2.17. The Morgan fingerprint density at radius 3 is 2.21 bits per heavy atom. The van der Waals surface area contributed by atoms with Gasteiger partial charge >= 0.3 is 0 Å². The molecule has 1 unspecified atom stereocenters. The van der Waals surface area contributed by atoms with Crippen LogP contribution in [0.4, 0.5) is 0 Å². The standard InChI is InChI=1S/C16H28N2O/c1-13(2)14-6-8-15(9-7-14)16(19)12-17-10-5-11-18(3)4/h6-9,13,16-17,19H,5,10-12H2,1-4H3. The number of rotatable bonds is 8. The van der Waals surface area contributed by atoms with Gasteiger partial charge in [0.1, 0.15) is 0 Å². The van der Waals surface area contributed by atoms with Crippen LogP contribution in [0.25, 0.3) is 0 Å². The largest absolute Gasteiger partial charge is 0.387 e. The topological polar surface area (TPSA) is 35.5 Å². The molecule has 3 heteroatoms. The molecule has 0 aliphatic heterocycles. The Morgan fingerprint density at radius 2 is 1.68 bits per heavy atom. The fourth-order valence-electron chi connectivity index (χ4n) is 1.98. The Kier molecular flexibility index (Phi) is 7.06. The highest BCUT2D eigenvalue weighted by molar-refractivity contribution is 5.26. The molecule has 0 saturated carbocycles. The van der Waals surface area contributed by atoms with Gasteiger partial charge in [-0.1, -0.05) is 38.1 Å². The maximum atomic E-state index is 10.1. The lowest BCUT2D eigenvalue weighted by Crippen LogP contribution is -2.25. The fraction of sp³-hybridized carbons (Fsp3) is 0.625. The molecule has 108 valence electrons. The fourth-order valence-corrected chi connectivity index (χ4v) is 1.98. The molecule has 0 heterocycles. The summed E-state index contributed by atoms with van der Waals surface area (Å²) in [6.07, 6.45) is 0.687. The van der Waals surface area contributed by atoms with Crippen molar-refractivity contribution in [3.63, 3.8) is 0 Å². The second-order valence-corrected chi connectivity index (χ2v) is 5.70. The van der Waals surface area contributed by atoms with E-state index in [4.69, 9.17) is 0 Å². The Morgan fingerprint density at radius 1 is 1.11 bits per heavy atom. The first-order valence-corrected chi connectivity index (χ1v) is 7.14. The highest BCUT2D eigenvalue weighted by Crippen LogP contribution is 2.18. The second kappa shape index (κ2) is 8.31. The van der Waals surface area contributed by atoms with E-state index in [0.29, 0.717) is 12.5 Å². The number of benzene rings is 1. The third kappa shape index (κ3) is 6.19. The summed E-state index contributed by atoms with van der Waals surface area (Å²) in [6.45, 7) is 7.00. The van der Waals surface area contributed by atoms with E-state index in [-0.39, 0.29) is 0 Å². The first kappa shape index (κ1) is 16.2. The minimum absolute atomic E-state index is 0.416. The van der Waals surface area contributed by atoms with Crippen molar-refractivity contribution < 1.29 is 5.11 Å². The quantitative estimate of drug-likeness (QED) is 0.708. The third-order valence-electron chi connectivity index (χ3n) is 3.28. The summed E-state index contributed by atoms with van der Waals surface area (Å²) in [5.74, 6) is 0.537. The Hall–Kier alpha value is -0.900. The summed E-state index contributed by atoms with van der Waals surface area (Å²) in [5.41, 5.74) is 2.31. The molecule has 1 aromatic rings. The van der Waals surface area contributed by atoms with Crippen molar-refractivity contribution >= 4 is 0 Å². The van der Waals surface area contributed by atoms with Gasteiger partial charge < -0.3 is 15.3 Å². The molecule has 0 fully saturated rings. The summed E-state index contributed by atoms with van der Waals surface area (Å²) in [6, 6.07) is 8.27. The van der Waals surface area contributed by atoms with E-state index < -0.39 is 6.10 Å². The minimum Gasteiger partial charge on any atom is -0.387 e. The van der Waals surface area contributed by atoms with Crippen LogP contribution in [-0.2, 0) is 0 Å². The Bertz CT molecular complexity index is 346. The molecule has 3 nitrogen and oxygen atoms in total. The molecular formula is C16H28N2O. The minimum atomic E-state index is -0.416. The molecule has 0 aromatic heterocycles. The normalized spacial score (nSPS) is 13.2. The van der Waals surface area contributed by atoms with Crippen molar-refractivity contribution in [1.82, 2.24) is 10.2 Å². The van der Waals surface area contributed by atoms with Crippen LogP contribution >= 0.6 is 0 Å². The van der Waals surface area contributed by atoms with Crippen LogP contribution in [0.15, 0.2) is 24.3 Å². The molecule has 2 N–H and O–H groups in total. The molecule has 0 amide bonds. The van der Waals surface area contributed by atoms with Crippen LogP contribution in [0.1, 0.15) is 43.4 Å². The molecule has 0 spiro atoms. The number of nitrogens with one attached hydrogen (secondary N) is 1. The van der Waals surface area contributed by atoms with Gasteiger partial charge in [0.05, 0.1) is 6.10 Å². The summed E-state index contributed by atoms with van der Waals surface area (Å²) < 4.78 is 0. The van der Waals surface area contributed by atoms with Crippen LogP contribution in [0, 0.1) is 0 Å². The van der Waals surface area contributed by atoms with Gasteiger partial charge in [-0.05, 0) is 50.7 Å². The smallest absolute Gasteiger partial charge is 0.0914 e. The number of hydrogen-bond donors (Lipinski definition) is 2. The van der Waals surface area contributed by atoms with Crippen LogP contribution in [-0.4, -0.2) is 43.7 Å². The van der Waals surface area contributed by atoms with Crippen molar-refractivity contribution in [2.24, 2.45) is 0 Å². The van der Waals surface area contributed by atoms with E-state index >= 15 is 0 Å². The van der Waals surface area contributed by atoms with Gasteiger partial charge in [0.25, 0.3) is 0 Å². The number of aliphatic hydroxyl groups excluding tert-OH is 1. The molecule has 1 atom stereocenters. The average Bonchev–Trinajstić information content (AvgIpc) is 2.37. The van der Waals surface area contributed by atoms with Gasteiger partial charge in [-0.2, -0.15) is 0 Å². The third-order valence-corrected chi connectivity index (χ3v) is 3.28. The van der Waals surface area contributed by atoms with Crippen LogP contribution in [0.3, 0.4) is 0 Å². The van der Waals surface area contributed by atoms with Crippen LogP contribution in [0.2, 0.25) is 0 Å². The van der Waals surface area contributed by atoms with Crippen molar-refractivity contribution in [2.75, 3.05) is 33.7 Å². The molecule has 0 bridgehead atoms. The highest BCUT2D eigenvalue weighted by Gasteiger charge is 2.07. The highest BCUT2D eigenvalue weighted by atomic mass is 16.3. The second-order valence-electron chi connectivity index (χ2n) is 5.70. The monoisotopic (exact) mass is 264 g/mol. The molecule has 1 aromatic carbocycles. The first-order chi connectivity index (χ1) is 9.00. The molecule has 1 rings (SSSR count). The molecule has 0 aliphatic rings. The van der Waals surface area contributed by atoms with E-state index in [1.165, 1.54) is 5.56 Å². The summed E-state index contributed by atoms with van der Waals surface area (Å²) in [5, 5.41) is 13.4. The van der Waals surface area contributed by atoms with Crippen molar-refractivity contribution in [3.8, 4) is 0 Å². The van der Waals surface area contributed by atoms with Crippen LogP contribution < -0.4 is 5.32 Å². The van der Waals surface area contributed by atoms with Gasteiger partial charge in [-0.25, -0.2) is 0 Å². The zero-order valence-corrected chi connectivity index (χ0v) is 12.7. The van der Waals surface area contributed by atoms with Gasteiger partial charge in [0, 0.05) is 6.54 Å². The number of aliphatic hydroxyl groups is 1. The maximum absolute atomic E-state index is 10.1. The lowest BCUT2D eigenvalue weighted by atomic mass is 10.00. The van der Waals surface area contributed by atoms with Gasteiger partial charge in [-0.3, -0.25) is 0 Å². The van der Waals surface area contributed by atoms with E-state index in [1.54, 1.807) is 0 Å². The van der Waals surface area contributed by atoms with Crippen molar-refractivity contribution in [3.05, 3.63) is 35.4 Å². The van der Waals surface area contributed by atoms with Crippen molar-refractivity contribution in [1.29, 1.82) is 0 Å². The van der Waals surface area contributed by atoms with E-state index in [1.807, 2.05) is 12.1 Å². The molecule has 19 heavy (non-hydrogen) atoms. The summed E-state index contributed by atoms with van der Waals surface area (Å²) >= 11 is 0. The Labute approximate surface area is 117 Å². The van der Waals surface area contributed by atoms with Crippen LogP contribution in [0.5, 0.6) is 0 Å². The zero-order chi connectivity index (χ0) is 14.3. The first-order valence-electron chi connectivity index (χ1n) is 7.14. The lowest BCUT2D eigenvalue weighted by molar-refractivity contribution is 0.174. The zero-order valence-electron chi connectivity index (χ0n) is 12.7. The van der Waals surface area contributed by atoms with E-state index in [0.717, 1.165) is 25.1 Å². The lowest BCUT2D eigenvalue weighted by Gasteiger charge is -2.14. The SMILES string of the molecule is CC(C)c1ccc(C(O)CNCCCN(C)C)cc1.